The Morgan fingerprint density at radius 3 is 2.79 bits per heavy atom. The van der Waals surface area contributed by atoms with Crippen LogP contribution in [0.3, 0.4) is 0 Å². The van der Waals surface area contributed by atoms with Gasteiger partial charge in [0.15, 0.2) is 0 Å². The van der Waals surface area contributed by atoms with Crippen molar-refractivity contribution in [3.63, 3.8) is 0 Å². The van der Waals surface area contributed by atoms with Gasteiger partial charge >= 0.3 is 0 Å². The maximum atomic E-state index is 12.9. The molecule has 1 aliphatic heterocycles. The zero-order valence-corrected chi connectivity index (χ0v) is 14.2. The first-order valence-corrected chi connectivity index (χ1v) is 8.33. The molecule has 2 heterocycles. The van der Waals surface area contributed by atoms with E-state index < -0.39 is 0 Å². The minimum absolute atomic E-state index is 0.00714. The summed E-state index contributed by atoms with van der Waals surface area (Å²) in [5.74, 6) is 0.00714. The average Bonchev–Trinajstić information content (AvgIpc) is 3.03. The van der Waals surface area contributed by atoms with Gasteiger partial charge < -0.3 is 14.8 Å². The van der Waals surface area contributed by atoms with Crippen molar-refractivity contribution in [1.29, 1.82) is 0 Å². The molecule has 0 spiro atoms. The van der Waals surface area contributed by atoms with Gasteiger partial charge in [-0.2, -0.15) is 0 Å². The molecule has 0 radical (unpaired) electrons. The zero-order chi connectivity index (χ0) is 17.1. The molecule has 1 N–H and O–H groups in total. The lowest BCUT2D eigenvalue weighted by molar-refractivity contribution is 0.0739. The fourth-order valence-electron chi connectivity index (χ4n) is 3.36. The van der Waals surface area contributed by atoms with Crippen molar-refractivity contribution in [2.24, 2.45) is 0 Å². The second-order valence-corrected chi connectivity index (χ2v) is 6.40. The highest BCUT2D eigenvalue weighted by Gasteiger charge is 2.31. The fraction of sp³-hybridized carbons (Fsp3) is 0.368. The van der Waals surface area contributed by atoms with Crippen LogP contribution in [-0.2, 0) is 0 Å². The Bertz CT molecular complexity index is 770. The number of carbonyl (C=O) groups is 1. The van der Waals surface area contributed by atoms with E-state index >= 15 is 0 Å². The molecule has 1 aromatic carbocycles. The highest BCUT2D eigenvalue weighted by atomic mass is 16.2. The van der Waals surface area contributed by atoms with Crippen LogP contribution >= 0.6 is 0 Å². The number of likely N-dealkylation sites (tertiary alicyclic amines) is 1. The summed E-state index contributed by atoms with van der Waals surface area (Å²) in [4.78, 5) is 31.0. The summed E-state index contributed by atoms with van der Waals surface area (Å²) < 4.78 is 0. The van der Waals surface area contributed by atoms with Crippen LogP contribution in [0.15, 0.2) is 47.4 Å². The quantitative estimate of drug-likeness (QED) is 0.939. The number of para-hydroxylation sites is 1. The molecule has 2 aromatic rings. The van der Waals surface area contributed by atoms with Gasteiger partial charge in [0.1, 0.15) is 0 Å². The Labute approximate surface area is 141 Å². The molecule has 0 bridgehead atoms. The predicted molar refractivity (Wildman–Crippen MR) is 95.6 cm³/mol. The molecule has 1 saturated heterocycles. The molecule has 1 aliphatic rings. The summed E-state index contributed by atoms with van der Waals surface area (Å²) in [5, 5.41) is 0. The van der Waals surface area contributed by atoms with Gasteiger partial charge in [0.05, 0.1) is 5.56 Å². The highest BCUT2D eigenvalue weighted by Crippen LogP contribution is 2.23. The largest absolute Gasteiger partial charge is 0.373 e. The Morgan fingerprint density at radius 1 is 1.33 bits per heavy atom. The summed E-state index contributed by atoms with van der Waals surface area (Å²) in [7, 11) is 2.06. The Balaban J connectivity index is 1.75. The van der Waals surface area contributed by atoms with Crippen molar-refractivity contribution in [2.45, 2.75) is 25.8 Å². The van der Waals surface area contributed by atoms with Crippen molar-refractivity contribution < 1.29 is 4.79 Å². The number of aryl methyl sites for hydroxylation is 1. The summed E-state index contributed by atoms with van der Waals surface area (Å²) in [6.45, 7) is 3.38. The number of benzene rings is 1. The van der Waals surface area contributed by atoms with Crippen LogP contribution in [0.2, 0.25) is 0 Å². The van der Waals surface area contributed by atoms with Gasteiger partial charge in [0.2, 0.25) is 5.56 Å². The molecule has 5 heteroatoms. The number of rotatable bonds is 4. The second kappa shape index (κ2) is 6.91. The minimum Gasteiger partial charge on any atom is -0.373 e. The maximum absolute atomic E-state index is 12.9. The number of nitrogens with one attached hydrogen (secondary N) is 1. The van der Waals surface area contributed by atoms with E-state index in [1.807, 2.05) is 30.0 Å². The molecule has 5 nitrogen and oxygen atoms in total. The normalized spacial score (nSPS) is 17.1. The molecule has 1 unspecified atom stereocenters. The summed E-state index contributed by atoms with van der Waals surface area (Å²) in [6, 6.07) is 11.9. The predicted octanol–water partition coefficient (Wildman–Crippen LogP) is 2.42. The zero-order valence-electron chi connectivity index (χ0n) is 14.2. The van der Waals surface area contributed by atoms with Crippen LogP contribution < -0.4 is 10.5 Å². The molecule has 0 aliphatic carbocycles. The van der Waals surface area contributed by atoms with Crippen molar-refractivity contribution in [3.8, 4) is 0 Å². The van der Waals surface area contributed by atoms with Crippen LogP contribution in [0, 0.1) is 6.92 Å². The van der Waals surface area contributed by atoms with Crippen LogP contribution in [0.1, 0.15) is 28.8 Å². The molecule has 3 rings (SSSR count). The van der Waals surface area contributed by atoms with E-state index in [0.717, 1.165) is 37.2 Å². The molecular weight excluding hydrogens is 302 g/mol. The number of anilines is 1. The van der Waals surface area contributed by atoms with E-state index in [4.69, 9.17) is 0 Å². The van der Waals surface area contributed by atoms with Gasteiger partial charge in [-0.15, -0.1) is 0 Å². The molecule has 24 heavy (non-hydrogen) atoms. The molecule has 0 saturated carbocycles. The number of aromatic nitrogens is 1. The van der Waals surface area contributed by atoms with Crippen LogP contribution in [0.5, 0.6) is 0 Å². The number of nitrogens with zero attached hydrogens (tertiary/aromatic N) is 2. The van der Waals surface area contributed by atoms with Crippen LogP contribution in [0.4, 0.5) is 5.69 Å². The Morgan fingerprint density at radius 2 is 2.08 bits per heavy atom. The van der Waals surface area contributed by atoms with Crippen molar-refractivity contribution in [1.82, 2.24) is 9.88 Å². The molecular formula is C19H23N3O2. The number of hydrogen-bond acceptors (Lipinski definition) is 3. The molecule has 1 amide bonds. The van der Waals surface area contributed by atoms with Crippen molar-refractivity contribution in [3.05, 3.63) is 64.1 Å². The third kappa shape index (κ3) is 3.35. The third-order valence-electron chi connectivity index (χ3n) is 4.68. The van der Waals surface area contributed by atoms with E-state index in [0.29, 0.717) is 5.56 Å². The van der Waals surface area contributed by atoms with Gasteiger partial charge in [-0.3, -0.25) is 9.59 Å². The number of carbonyl (C=O) groups excluding carboxylic acids is 1. The Kier molecular flexibility index (Phi) is 4.69. The lowest BCUT2D eigenvalue weighted by Crippen LogP contribution is -2.42. The third-order valence-corrected chi connectivity index (χ3v) is 4.68. The van der Waals surface area contributed by atoms with Crippen molar-refractivity contribution >= 4 is 11.6 Å². The maximum Gasteiger partial charge on any atom is 0.255 e. The van der Waals surface area contributed by atoms with Gasteiger partial charge in [0.25, 0.3) is 5.91 Å². The molecule has 1 aromatic heterocycles. The lowest BCUT2D eigenvalue weighted by Gasteiger charge is -2.30. The van der Waals surface area contributed by atoms with E-state index in [1.54, 1.807) is 0 Å². The lowest BCUT2D eigenvalue weighted by atomic mass is 10.1. The second-order valence-electron chi connectivity index (χ2n) is 6.40. The van der Waals surface area contributed by atoms with E-state index in [1.165, 1.54) is 12.3 Å². The minimum atomic E-state index is -0.175. The first kappa shape index (κ1) is 16.3. The molecule has 1 atom stereocenters. The van der Waals surface area contributed by atoms with Crippen LogP contribution in [-0.4, -0.2) is 42.0 Å². The number of hydrogen-bond donors (Lipinski definition) is 1. The van der Waals surface area contributed by atoms with Gasteiger partial charge in [0, 0.05) is 44.1 Å². The smallest absolute Gasteiger partial charge is 0.255 e. The number of aromatic amines is 1. The van der Waals surface area contributed by atoms with Gasteiger partial charge in [-0.05, 0) is 37.5 Å². The topological polar surface area (TPSA) is 56.4 Å². The molecule has 126 valence electrons. The van der Waals surface area contributed by atoms with E-state index in [2.05, 4.69) is 29.1 Å². The van der Waals surface area contributed by atoms with Crippen LogP contribution in [0.25, 0.3) is 0 Å². The van der Waals surface area contributed by atoms with E-state index in [9.17, 15) is 9.59 Å². The number of likely N-dealkylation sites (N-methyl/N-ethyl adjacent to an activating group) is 1. The first-order chi connectivity index (χ1) is 11.6. The molecule has 1 fully saturated rings. The number of pyridine rings is 1. The number of amides is 1. The average molecular weight is 325 g/mol. The summed E-state index contributed by atoms with van der Waals surface area (Å²) in [5.41, 5.74) is 2.29. The van der Waals surface area contributed by atoms with Gasteiger partial charge in [-0.25, -0.2) is 0 Å². The Hall–Kier alpha value is -2.56. The van der Waals surface area contributed by atoms with Crippen molar-refractivity contribution in [2.75, 3.05) is 25.0 Å². The summed E-state index contributed by atoms with van der Waals surface area (Å²) >= 11 is 0. The van der Waals surface area contributed by atoms with E-state index in [-0.39, 0.29) is 17.5 Å². The number of H-pyrrole nitrogens is 1. The highest BCUT2D eigenvalue weighted by molar-refractivity contribution is 5.95. The first-order valence-electron chi connectivity index (χ1n) is 8.33. The summed E-state index contributed by atoms with van der Waals surface area (Å²) in [6.07, 6.45) is 3.56. The van der Waals surface area contributed by atoms with Gasteiger partial charge in [-0.1, -0.05) is 18.2 Å². The fourth-order valence-corrected chi connectivity index (χ4v) is 3.36. The monoisotopic (exact) mass is 325 g/mol. The SMILES string of the molecule is Cc1cc(=O)[nH]cc1C(=O)N1CCCC1CN(C)c1ccccc1. The standard InChI is InChI=1S/C19H23N3O2/c1-14-11-18(23)20-12-17(14)19(24)22-10-6-9-16(22)13-21(2)15-7-4-3-5-8-15/h3-5,7-8,11-12,16H,6,9-10,13H2,1-2H3,(H,20,23).